The maximum absolute atomic E-state index is 12.9. The van der Waals surface area contributed by atoms with E-state index in [2.05, 4.69) is 106 Å². The highest BCUT2D eigenvalue weighted by Crippen LogP contribution is 2.43. The lowest BCUT2D eigenvalue weighted by atomic mass is 10.1. The fourth-order valence-electron chi connectivity index (χ4n) is 7.42. The molecule has 0 aliphatic carbocycles. The molecule has 0 saturated heterocycles. The summed E-state index contributed by atoms with van der Waals surface area (Å²) in [6, 6.07) is 0. The summed E-state index contributed by atoms with van der Waals surface area (Å²) in [5.41, 5.74) is 0. The van der Waals surface area contributed by atoms with E-state index in [1.807, 2.05) is 0 Å². The highest BCUT2D eigenvalue weighted by Gasteiger charge is 2.28. The summed E-state index contributed by atoms with van der Waals surface area (Å²) in [4.78, 5) is 48.5. The summed E-state index contributed by atoms with van der Waals surface area (Å²) in [7, 11) is -4.76. The van der Waals surface area contributed by atoms with Gasteiger partial charge in [0.25, 0.3) is 0 Å². The Labute approximate surface area is 439 Å². The third-order valence-electron chi connectivity index (χ3n) is 11.8. The summed E-state index contributed by atoms with van der Waals surface area (Å²) in [5.74, 6) is -1.51. The van der Waals surface area contributed by atoms with Crippen LogP contribution in [0.15, 0.2) is 85.1 Å². The molecule has 0 aromatic rings. The summed E-state index contributed by atoms with van der Waals surface area (Å²) in [6.07, 6.45) is 61.1. The number of rotatable bonds is 52. The smallest absolute Gasteiger partial charge is 0.462 e. The number of hydrogen-bond acceptors (Lipinski definition) is 10. The molecule has 0 aliphatic rings. The molecule has 0 spiro atoms. The first-order chi connectivity index (χ1) is 35.2. The molecule has 0 aromatic carbocycles. The van der Waals surface area contributed by atoms with Gasteiger partial charge in [-0.1, -0.05) is 196 Å². The van der Waals surface area contributed by atoms with E-state index >= 15 is 0 Å². The molecule has 0 saturated carbocycles. The van der Waals surface area contributed by atoms with Crippen molar-refractivity contribution < 1.29 is 52.2 Å². The summed E-state index contributed by atoms with van der Waals surface area (Å²) < 4.78 is 39.4. The van der Waals surface area contributed by atoms with Gasteiger partial charge in [-0.15, -0.1) is 0 Å². The van der Waals surface area contributed by atoms with E-state index in [1.54, 1.807) is 0 Å². The van der Waals surface area contributed by atoms with Crippen LogP contribution in [0.5, 0.6) is 0 Å². The van der Waals surface area contributed by atoms with Crippen LogP contribution < -0.4 is 0 Å². The van der Waals surface area contributed by atoms with Crippen molar-refractivity contribution in [1.82, 2.24) is 0 Å². The van der Waals surface area contributed by atoms with Crippen LogP contribution in [0.4, 0.5) is 0 Å². The van der Waals surface area contributed by atoms with Crippen LogP contribution in [0.3, 0.4) is 0 Å². The molecule has 3 unspecified atom stereocenters. The number of aliphatic hydroxyl groups excluding tert-OH is 1. The number of allylic oxidation sites excluding steroid dienone is 14. The van der Waals surface area contributed by atoms with Gasteiger partial charge in [0.05, 0.1) is 19.8 Å². The summed E-state index contributed by atoms with van der Waals surface area (Å²) in [6.45, 7) is 4.42. The number of carbonyl (C=O) groups excluding carboxylic acids is 3. The van der Waals surface area contributed by atoms with Gasteiger partial charge in [0.2, 0.25) is 0 Å². The van der Waals surface area contributed by atoms with Crippen LogP contribution >= 0.6 is 7.82 Å². The molecule has 0 bridgehead atoms. The molecule has 0 amide bonds. The second-order valence-corrected chi connectivity index (χ2v) is 20.2. The van der Waals surface area contributed by atoms with Crippen molar-refractivity contribution in [3.63, 3.8) is 0 Å². The molecule has 72 heavy (non-hydrogen) atoms. The average molecular weight is 1030 g/mol. The first-order valence-electron chi connectivity index (χ1n) is 28.5. The molecule has 0 rings (SSSR count). The zero-order valence-corrected chi connectivity index (χ0v) is 46.5. The Bertz CT molecular complexity index is 1530. The SMILES string of the molecule is CC/C=C\C/C=C\C/C=C\C/C=C\CCCCCCCCC(=O)OC(COC(=O)CCCCCCC/C=C\C/C=C\CCCCC)COP(=O)(O)OCC(CO)OC(=O)CCCCCCC/C=C\CCCC. The molecule has 0 heterocycles. The van der Waals surface area contributed by atoms with Crippen molar-refractivity contribution in [3.05, 3.63) is 85.1 Å². The van der Waals surface area contributed by atoms with Gasteiger partial charge in [0.15, 0.2) is 6.10 Å². The van der Waals surface area contributed by atoms with Gasteiger partial charge in [-0.2, -0.15) is 0 Å². The number of ether oxygens (including phenoxy) is 3. The Morgan fingerprint density at radius 1 is 0.403 bits per heavy atom. The Morgan fingerprint density at radius 3 is 1.17 bits per heavy atom. The molecule has 0 fully saturated rings. The lowest BCUT2D eigenvalue weighted by Crippen LogP contribution is -2.30. The van der Waals surface area contributed by atoms with E-state index in [0.29, 0.717) is 19.3 Å². The topological polar surface area (TPSA) is 155 Å². The first-order valence-corrected chi connectivity index (χ1v) is 30.0. The van der Waals surface area contributed by atoms with Crippen molar-refractivity contribution in [3.8, 4) is 0 Å². The zero-order chi connectivity index (χ0) is 52.7. The Kier molecular flexibility index (Phi) is 51.4. The van der Waals surface area contributed by atoms with Crippen LogP contribution in [0.25, 0.3) is 0 Å². The predicted molar refractivity (Wildman–Crippen MR) is 298 cm³/mol. The quantitative estimate of drug-likeness (QED) is 0.0197. The third-order valence-corrected chi connectivity index (χ3v) is 12.7. The van der Waals surface area contributed by atoms with Crippen LogP contribution in [0, 0.1) is 0 Å². The van der Waals surface area contributed by atoms with Gasteiger partial charge in [-0.25, -0.2) is 4.57 Å². The van der Waals surface area contributed by atoms with Crippen LogP contribution in [-0.2, 0) is 42.2 Å². The van der Waals surface area contributed by atoms with Gasteiger partial charge in [0.1, 0.15) is 12.7 Å². The fourth-order valence-corrected chi connectivity index (χ4v) is 8.20. The number of aliphatic hydroxyl groups is 1. The van der Waals surface area contributed by atoms with Gasteiger partial charge in [0, 0.05) is 19.3 Å². The van der Waals surface area contributed by atoms with Gasteiger partial charge in [-0.3, -0.25) is 23.4 Å². The van der Waals surface area contributed by atoms with Gasteiger partial charge in [-0.05, 0) is 109 Å². The molecular weight excluding hydrogens is 928 g/mol. The largest absolute Gasteiger partial charge is 0.472 e. The Morgan fingerprint density at radius 2 is 0.736 bits per heavy atom. The van der Waals surface area contributed by atoms with Crippen LogP contribution in [0.1, 0.15) is 239 Å². The van der Waals surface area contributed by atoms with Crippen molar-refractivity contribution in [2.24, 2.45) is 0 Å². The lowest BCUT2D eigenvalue weighted by molar-refractivity contribution is -0.161. The predicted octanol–water partition coefficient (Wildman–Crippen LogP) is 16.7. The number of carbonyl (C=O) groups is 3. The highest BCUT2D eigenvalue weighted by molar-refractivity contribution is 7.47. The molecule has 414 valence electrons. The van der Waals surface area contributed by atoms with Crippen LogP contribution in [0.2, 0.25) is 0 Å². The van der Waals surface area contributed by atoms with Crippen molar-refractivity contribution in [1.29, 1.82) is 0 Å². The second-order valence-electron chi connectivity index (χ2n) is 18.7. The van der Waals surface area contributed by atoms with E-state index in [9.17, 15) is 28.9 Å². The molecular formula is C60H103O11P. The average Bonchev–Trinajstić information content (AvgIpc) is 3.37. The molecule has 11 nitrogen and oxygen atoms in total. The number of esters is 3. The van der Waals surface area contributed by atoms with E-state index in [0.717, 1.165) is 148 Å². The number of phosphoric ester groups is 1. The molecule has 12 heteroatoms. The second kappa shape index (κ2) is 53.9. The van der Waals surface area contributed by atoms with Crippen LogP contribution in [-0.4, -0.2) is 66.5 Å². The molecule has 0 aliphatic heterocycles. The minimum Gasteiger partial charge on any atom is -0.462 e. The van der Waals surface area contributed by atoms with Crippen molar-refractivity contribution >= 4 is 25.7 Å². The third kappa shape index (κ3) is 51.6. The van der Waals surface area contributed by atoms with E-state index in [-0.39, 0.29) is 25.9 Å². The van der Waals surface area contributed by atoms with E-state index in [4.69, 9.17) is 23.3 Å². The Balaban J connectivity index is 4.79. The fraction of sp³-hybridized carbons (Fsp3) is 0.717. The highest BCUT2D eigenvalue weighted by atomic mass is 31.2. The van der Waals surface area contributed by atoms with Gasteiger partial charge < -0.3 is 24.2 Å². The van der Waals surface area contributed by atoms with Crippen molar-refractivity contribution in [2.75, 3.05) is 26.4 Å². The molecule has 0 aromatic heterocycles. The maximum Gasteiger partial charge on any atom is 0.472 e. The van der Waals surface area contributed by atoms with Gasteiger partial charge >= 0.3 is 25.7 Å². The van der Waals surface area contributed by atoms with E-state index in [1.165, 1.54) is 32.1 Å². The standard InChI is InChI=1S/C60H103O11P/c1-4-7-10-13-16-19-22-24-26-27-28-29-31-33-36-39-42-45-48-51-60(64)71-57(53-67-58(62)49-46-43-40-37-35-32-30-25-23-20-17-14-11-8-5-2)55-69-72(65,66)68-54-56(52-61)70-59(63)50-47-44-41-38-34-21-18-15-12-9-6-3/h7,10,15-20,24-26,28-30,56-57,61H,4-6,8-9,11-14,21-23,27,31-55H2,1-3H3,(H,65,66)/b10-7-,18-15-,19-16-,20-17-,26-24-,29-28-,30-25-. The lowest BCUT2D eigenvalue weighted by Gasteiger charge is -2.21. The molecule has 0 radical (unpaired) electrons. The van der Waals surface area contributed by atoms with Crippen molar-refractivity contribution in [2.45, 2.75) is 251 Å². The Hall–Kier alpha value is -3.34. The molecule has 2 N–H and O–H groups in total. The zero-order valence-electron chi connectivity index (χ0n) is 45.6. The normalized spacial score (nSPS) is 14.0. The number of hydrogen-bond donors (Lipinski definition) is 2. The molecule has 3 atom stereocenters. The monoisotopic (exact) mass is 1030 g/mol. The summed E-state index contributed by atoms with van der Waals surface area (Å²) >= 11 is 0. The first kappa shape index (κ1) is 68.7. The number of unbranched alkanes of at least 4 members (excludes halogenated alkanes) is 21. The van der Waals surface area contributed by atoms with E-state index < -0.39 is 57.8 Å². The minimum absolute atomic E-state index is 0.145. The number of phosphoric acid groups is 1. The maximum atomic E-state index is 12.9. The minimum atomic E-state index is -4.76. The summed E-state index contributed by atoms with van der Waals surface area (Å²) in [5, 5.41) is 9.79.